The standard InChI is InChI=1S/C18H15N3S.ClH/c1-21-15-10-6-5-9-13(15)16(14-11-22-18(19)20-14)17(21)12-7-3-2-4-8-12;/h2-11H,1H3,(H2,19,20);1H/p-1. The van der Waals surface area contributed by atoms with Crippen LogP contribution < -0.4 is 18.1 Å². The Kier molecular flexibility index (Phi) is 4.11. The monoisotopic (exact) mass is 340 g/mol. The number of aryl methyl sites for hydroxylation is 1. The van der Waals surface area contributed by atoms with Gasteiger partial charge >= 0.3 is 0 Å². The molecule has 0 atom stereocenters. The summed E-state index contributed by atoms with van der Waals surface area (Å²) >= 11 is 1.48. The zero-order valence-electron chi connectivity index (χ0n) is 12.5. The molecule has 2 aromatic carbocycles. The molecule has 0 saturated heterocycles. The van der Waals surface area contributed by atoms with Gasteiger partial charge in [-0.05, 0) is 11.6 Å². The fourth-order valence-electron chi connectivity index (χ4n) is 2.99. The Hall–Kier alpha value is -2.30. The molecule has 0 spiro atoms. The van der Waals surface area contributed by atoms with Gasteiger partial charge in [-0.2, -0.15) is 0 Å². The summed E-state index contributed by atoms with van der Waals surface area (Å²) in [4.78, 5) is 4.51. The number of benzene rings is 2. The number of nitrogens with two attached hydrogens (primary N) is 1. The molecule has 0 fully saturated rings. The minimum atomic E-state index is 0. The highest BCUT2D eigenvalue weighted by Gasteiger charge is 2.19. The van der Waals surface area contributed by atoms with E-state index < -0.39 is 0 Å². The van der Waals surface area contributed by atoms with Crippen LogP contribution >= 0.6 is 11.3 Å². The van der Waals surface area contributed by atoms with Gasteiger partial charge in [0.15, 0.2) is 5.13 Å². The molecule has 0 bridgehead atoms. The van der Waals surface area contributed by atoms with Crippen LogP contribution in [0.4, 0.5) is 5.13 Å². The second-order valence-corrected chi connectivity index (χ2v) is 6.13. The number of hydrogen-bond acceptors (Lipinski definition) is 3. The fraction of sp³-hybridized carbons (Fsp3) is 0.0556. The number of nitrogens with zero attached hydrogens (tertiary/aromatic N) is 2. The van der Waals surface area contributed by atoms with Crippen LogP contribution in [0.15, 0.2) is 60.0 Å². The van der Waals surface area contributed by atoms with Crippen LogP contribution in [0.2, 0.25) is 0 Å². The van der Waals surface area contributed by atoms with Crippen molar-refractivity contribution in [2.75, 3.05) is 5.73 Å². The highest BCUT2D eigenvalue weighted by Crippen LogP contribution is 2.40. The predicted molar refractivity (Wildman–Crippen MR) is 93.9 cm³/mol. The minimum absolute atomic E-state index is 0. The maximum absolute atomic E-state index is 5.86. The molecule has 0 saturated carbocycles. The molecule has 23 heavy (non-hydrogen) atoms. The topological polar surface area (TPSA) is 43.8 Å². The van der Waals surface area contributed by atoms with Crippen molar-refractivity contribution >= 4 is 27.4 Å². The predicted octanol–water partition coefficient (Wildman–Crippen LogP) is 1.55. The molecule has 5 heteroatoms. The number of aromatic nitrogens is 2. The van der Waals surface area contributed by atoms with Gasteiger partial charge in [0.25, 0.3) is 0 Å². The lowest BCUT2D eigenvalue weighted by Gasteiger charge is -2.07. The van der Waals surface area contributed by atoms with E-state index in [0.717, 1.165) is 11.3 Å². The number of rotatable bonds is 2. The molecule has 0 aliphatic rings. The number of thiazole rings is 1. The van der Waals surface area contributed by atoms with E-state index in [9.17, 15) is 0 Å². The van der Waals surface area contributed by atoms with Crippen molar-refractivity contribution in [3.05, 3.63) is 60.0 Å². The fourth-order valence-corrected chi connectivity index (χ4v) is 3.54. The lowest BCUT2D eigenvalue weighted by Crippen LogP contribution is -3.00. The third-order valence-corrected chi connectivity index (χ3v) is 4.61. The molecule has 0 aliphatic carbocycles. The number of nitrogen functional groups attached to an aromatic ring is 1. The molecular weight excluding hydrogens is 326 g/mol. The Bertz CT molecular complexity index is 957. The van der Waals surface area contributed by atoms with Crippen LogP contribution in [-0.4, -0.2) is 9.55 Å². The van der Waals surface area contributed by atoms with E-state index >= 15 is 0 Å². The van der Waals surface area contributed by atoms with Crippen LogP contribution in [0.5, 0.6) is 0 Å². The van der Waals surface area contributed by atoms with Crippen LogP contribution in [0, 0.1) is 0 Å². The Labute approximate surface area is 144 Å². The summed E-state index contributed by atoms with van der Waals surface area (Å²) in [5, 5.41) is 3.83. The van der Waals surface area contributed by atoms with Crippen molar-refractivity contribution in [3.63, 3.8) is 0 Å². The number of para-hydroxylation sites is 1. The van der Waals surface area contributed by atoms with Crippen molar-refractivity contribution in [1.29, 1.82) is 0 Å². The van der Waals surface area contributed by atoms with Gasteiger partial charge in [0.2, 0.25) is 0 Å². The second kappa shape index (κ2) is 6.07. The molecule has 0 unspecified atom stereocenters. The van der Waals surface area contributed by atoms with Gasteiger partial charge in [-0.3, -0.25) is 0 Å². The highest BCUT2D eigenvalue weighted by atomic mass is 35.5. The van der Waals surface area contributed by atoms with Gasteiger partial charge in [-0.15, -0.1) is 11.3 Å². The smallest absolute Gasteiger partial charge is 0.180 e. The van der Waals surface area contributed by atoms with Crippen molar-refractivity contribution < 1.29 is 12.4 Å². The second-order valence-electron chi connectivity index (χ2n) is 5.24. The third-order valence-electron chi connectivity index (χ3n) is 3.93. The van der Waals surface area contributed by atoms with Crippen LogP contribution in [0.25, 0.3) is 33.4 Å². The summed E-state index contributed by atoms with van der Waals surface area (Å²) < 4.78 is 2.23. The Morgan fingerprint density at radius 3 is 2.39 bits per heavy atom. The van der Waals surface area contributed by atoms with E-state index in [1.165, 1.54) is 33.5 Å². The number of anilines is 1. The molecule has 0 amide bonds. The minimum Gasteiger partial charge on any atom is -1.00 e. The van der Waals surface area contributed by atoms with Gasteiger partial charge in [0.05, 0.1) is 11.4 Å². The average molecular weight is 341 g/mol. The van der Waals surface area contributed by atoms with Crippen molar-refractivity contribution in [2.24, 2.45) is 7.05 Å². The molecule has 2 N–H and O–H groups in total. The average Bonchev–Trinajstić information content (AvgIpc) is 3.10. The van der Waals surface area contributed by atoms with E-state index in [1.54, 1.807) is 0 Å². The summed E-state index contributed by atoms with van der Waals surface area (Å²) in [6.45, 7) is 0. The van der Waals surface area contributed by atoms with E-state index in [1.807, 2.05) is 11.4 Å². The van der Waals surface area contributed by atoms with Crippen LogP contribution in [-0.2, 0) is 7.05 Å². The van der Waals surface area contributed by atoms with Gasteiger partial charge < -0.3 is 22.7 Å². The lowest BCUT2D eigenvalue weighted by atomic mass is 10.0. The first-order chi connectivity index (χ1) is 10.8. The maximum Gasteiger partial charge on any atom is 0.180 e. The molecular formula is C18H15ClN3S-. The normalized spacial score (nSPS) is 10.7. The Morgan fingerprint density at radius 2 is 1.70 bits per heavy atom. The SMILES string of the molecule is Cn1c(-c2ccccc2)c(-c2csc(N)n2)c2ccccc21.[Cl-]. The third kappa shape index (κ3) is 2.50. The maximum atomic E-state index is 5.86. The zero-order valence-corrected chi connectivity index (χ0v) is 14.1. The Balaban J connectivity index is 0.00000156. The van der Waals surface area contributed by atoms with Gasteiger partial charge in [-0.25, -0.2) is 4.98 Å². The Morgan fingerprint density at radius 1 is 1.00 bits per heavy atom. The van der Waals surface area contributed by atoms with E-state index in [4.69, 9.17) is 5.73 Å². The molecule has 2 aromatic heterocycles. The van der Waals surface area contributed by atoms with Gasteiger partial charge in [0, 0.05) is 28.9 Å². The first-order valence-corrected chi connectivity index (χ1v) is 7.98. The molecule has 116 valence electrons. The molecule has 3 nitrogen and oxygen atoms in total. The first kappa shape index (κ1) is 15.6. The quantitative estimate of drug-likeness (QED) is 0.602. The molecule has 2 heterocycles. The number of hydrogen-bond donors (Lipinski definition) is 1. The lowest BCUT2D eigenvalue weighted by molar-refractivity contribution is -0.00000433. The molecule has 4 rings (SSSR count). The molecule has 0 radical (unpaired) electrons. The highest BCUT2D eigenvalue weighted by molar-refractivity contribution is 7.13. The van der Waals surface area contributed by atoms with Gasteiger partial charge in [-0.1, -0.05) is 48.5 Å². The van der Waals surface area contributed by atoms with Gasteiger partial charge in [0.1, 0.15) is 0 Å². The van der Waals surface area contributed by atoms with Crippen molar-refractivity contribution in [2.45, 2.75) is 0 Å². The van der Waals surface area contributed by atoms with Crippen molar-refractivity contribution in [1.82, 2.24) is 9.55 Å². The van der Waals surface area contributed by atoms with E-state index in [-0.39, 0.29) is 12.4 Å². The van der Waals surface area contributed by atoms with E-state index in [2.05, 4.69) is 65.1 Å². The van der Waals surface area contributed by atoms with Crippen molar-refractivity contribution in [3.8, 4) is 22.5 Å². The number of halogens is 1. The summed E-state index contributed by atoms with van der Waals surface area (Å²) in [7, 11) is 2.10. The summed E-state index contributed by atoms with van der Waals surface area (Å²) in [5.41, 5.74) is 11.5. The summed E-state index contributed by atoms with van der Waals surface area (Å²) in [5.74, 6) is 0. The van der Waals surface area contributed by atoms with E-state index in [0.29, 0.717) is 5.13 Å². The number of fused-ring (bicyclic) bond motifs is 1. The molecule has 4 aromatic rings. The summed E-state index contributed by atoms with van der Waals surface area (Å²) in [6, 6.07) is 18.8. The zero-order chi connectivity index (χ0) is 15.1. The first-order valence-electron chi connectivity index (χ1n) is 7.10. The summed E-state index contributed by atoms with van der Waals surface area (Å²) in [6.07, 6.45) is 0. The molecule has 0 aliphatic heterocycles. The largest absolute Gasteiger partial charge is 1.00 e. The van der Waals surface area contributed by atoms with Crippen LogP contribution in [0.1, 0.15) is 0 Å². The van der Waals surface area contributed by atoms with Crippen LogP contribution in [0.3, 0.4) is 0 Å².